The molecule has 0 spiro atoms. The van der Waals surface area contributed by atoms with Crippen molar-refractivity contribution in [3.8, 4) is 0 Å². The monoisotopic (exact) mass is 389 g/mol. The van der Waals surface area contributed by atoms with E-state index in [-0.39, 0.29) is 0 Å². The number of cyclic esters (lactones) is 1. The van der Waals surface area contributed by atoms with Gasteiger partial charge in [-0.3, -0.25) is 0 Å². The molecule has 3 nitrogen and oxygen atoms in total. The van der Waals surface area contributed by atoms with Gasteiger partial charge in [-0.2, -0.15) is 0 Å². The molecule has 0 bridgehead atoms. The number of hydrogen-bond acceptors (Lipinski definition) is 3. The van der Waals surface area contributed by atoms with Gasteiger partial charge in [0.25, 0.3) is 0 Å². The molecule has 0 radical (unpaired) electrons. The minimum atomic E-state index is -0.412. The van der Waals surface area contributed by atoms with Gasteiger partial charge in [-0.05, 0) is 59.4 Å². The van der Waals surface area contributed by atoms with Crippen LogP contribution in [0.2, 0.25) is 0 Å². The SMILES string of the molecule is Cc1cccc(/C=C2\N=C(c3cccc(I)c3)OC2=O)c1. The number of ether oxygens (including phenoxy) is 1. The number of esters is 1. The summed E-state index contributed by atoms with van der Waals surface area (Å²) in [6, 6.07) is 15.6. The number of rotatable bonds is 2. The smallest absolute Gasteiger partial charge is 0.363 e. The number of carbonyl (C=O) groups is 1. The molecule has 21 heavy (non-hydrogen) atoms. The fourth-order valence-corrected chi connectivity index (χ4v) is 2.62. The molecule has 1 heterocycles. The third-order valence-corrected chi connectivity index (χ3v) is 3.71. The first-order valence-corrected chi connectivity index (χ1v) is 7.55. The maximum absolute atomic E-state index is 11.9. The maximum atomic E-state index is 11.9. The van der Waals surface area contributed by atoms with E-state index in [9.17, 15) is 4.79 Å². The van der Waals surface area contributed by atoms with Crippen LogP contribution in [0.25, 0.3) is 6.08 Å². The van der Waals surface area contributed by atoms with Gasteiger partial charge in [-0.25, -0.2) is 9.79 Å². The van der Waals surface area contributed by atoms with Crippen molar-refractivity contribution in [2.75, 3.05) is 0 Å². The van der Waals surface area contributed by atoms with Crippen LogP contribution in [-0.4, -0.2) is 11.9 Å². The fraction of sp³-hybridized carbons (Fsp3) is 0.0588. The maximum Gasteiger partial charge on any atom is 0.363 e. The van der Waals surface area contributed by atoms with Crippen molar-refractivity contribution in [3.63, 3.8) is 0 Å². The number of aryl methyl sites for hydroxylation is 1. The van der Waals surface area contributed by atoms with Crippen LogP contribution < -0.4 is 0 Å². The highest BCUT2D eigenvalue weighted by atomic mass is 127. The van der Waals surface area contributed by atoms with Crippen LogP contribution in [0.3, 0.4) is 0 Å². The molecule has 104 valence electrons. The van der Waals surface area contributed by atoms with Crippen molar-refractivity contribution in [3.05, 3.63) is 74.5 Å². The zero-order chi connectivity index (χ0) is 14.8. The van der Waals surface area contributed by atoms with E-state index in [4.69, 9.17) is 4.74 Å². The van der Waals surface area contributed by atoms with Gasteiger partial charge in [0.05, 0.1) is 0 Å². The Balaban J connectivity index is 1.95. The van der Waals surface area contributed by atoms with Crippen LogP contribution in [-0.2, 0) is 9.53 Å². The van der Waals surface area contributed by atoms with E-state index in [1.54, 1.807) is 6.08 Å². The summed E-state index contributed by atoms with van der Waals surface area (Å²) < 4.78 is 6.33. The lowest BCUT2D eigenvalue weighted by Crippen LogP contribution is -2.05. The van der Waals surface area contributed by atoms with Crippen LogP contribution in [0, 0.1) is 10.5 Å². The number of benzene rings is 2. The standard InChI is InChI=1S/C17H12INO2/c1-11-4-2-5-12(8-11)9-15-17(20)21-16(19-15)13-6-3-7-14(18)10-13/h2-10H,1H3/b15-9-. The molecule has 0 fully saturated rings. The molecule has 0 aromatic heterocycles. The zero-order valence-electron chi connectivity index (χ0n) is 11.3. The van der Waals surface area contributed by atoms with Crippen LogP contribution in [0.5, 0.6) is 0 Å². The van der Waals surface area contributed by atoms with Crippen LogP contribution in [0.4, 0.5) is 0 Å². The van der Waals surface area contributed by atoms with Gasteiger partial charge in [0, 0.05) is 9.13 Å². The van der Waals surface area contributed by atoms with Crippen LogP contribution in [0.1, 0.15) is 16.7 Å². The number of halogens is 1. The van der Waals surface area contributed by atoms with E-state index >= 15 is 0 Å². The molecule has 0 saturated heterocycles. The van der Waals surface area contributed by atoms with E-state index in [0.29, 0.717) is 11.6 Å². The molecule has 1 aliphatic heterocycles. The lowest BCUT2D eigenvalue weighted by Gasteiger charge is -1.99. The normalized spacial score (nSPS) is 16.0. The molecule has 1 aliphatic rings. The van der Waals surface area contributed by atoms with Gasteiger partial charge in [-0.15, -0.1) is 0 Å². The number of aliphatic imine (C=N–C) groups is 1. The fourth-order valence-electron chi connectivity index (χ4n) is 2.07. The largest absolute Gasteiger partial charge is 0.402 e. The Morgan fingerprint density at radius 3 is 2.71 bits per heavy atom. The van der Waals surface area contributed by atoms with E-state index < -0.39 is 5.97 Å². The van der Waals surface area contributed by atoms with Crippen molar-refractivity contribution >= 4 is 40.5 Å². The summed E-state index contributed by atoms with van der Waals surface area (Å²) in [7, 11) is 0. The lowest BCUT2D eigenvalue weighted by atomic mass is 10.1. The van der Waals surface area contributed by atoms with Crippen molar-refractivity contribution in [2.24, 2.45) is 4.99 Å². The third-order valence-electron chi connectivity index (χ3n) is 3.04. The van der Waals surface area contributed by atoms with E-state index in [1.165, 1.54) is 0 Å². The van der Waals surface area contributed by atoms with Gasteiger partial charge >= 0.3 is 5.97 Å². The molecular formula is C17H12INO2. The molecular weight excluding hydrogens is 377 g/mol. The number of carbonyl (C=O) groups excluding carboxylic acids is 1. The molecule has 2 aromatic rings. The highest BCUT2D eigenvalue weighted by Gasteiger charge is 2.24. The van der Waals surface area contributed by atoms with Crippen molar-refractivity contribution < 1.29 is 9.53 Å². The molecule has 4 heteroatoms. The Bertz CT molecular complexity index is 778. The Morgan fingerprint density at radius 2 is 1.95 bits per heavy atom. The van der Waals surface area contributed by atoms with E-state index in [0.717, 1.165) is 20.3 Å². The Hall–Kier alpha value is -1.95. The summed E-state index contributed by atoms with van der Waals surface area (Å²) in [5, 5.41) is 0. The summed E-state index contributed by atoms with van der Waals surface area (Å²) in [5.41, 5.74) is 3.21. The first kappa shape index (κ1) is 14.0. The molecule has 2 aromatic carbocycles. The first-order valence-electron chi connectivity index (χ1n) is 6.47. The summed E-state index contributed by atoms with van der Waals surface area (Å²) in [4.78, 5) is 16.2. The predicted octanol–water partition coefficient (Wildman–Crippen LogP) is 3.94. The van der Waals surface area contributed by atoms with Gasteiger partial charge in [0.15, 0.2) is 5.70 Å². The van der Waals surface area contributed by atoms with Gasteiger partial charge in [0.1, 0.15) is 0 Å². The quantitative estimate of drug-likeness (QED) is 0.443. The van der Waals surface area contributed by atoms with Crippen molar-refractivity contribution in [2.45, 2.75) is 6.92 Å². The van der Waals surface area contributed by atoms with Crippen LogP contribution >= 0.6 is 22.6 Å². The third kappa shape index (κ3) is 3.21. The first-order chi connectivity index (χ1) is 10.1. The van der Waals surface area contributed by atoms with Gasteiger partial charge < -0.3 is 4.74 Å². The second-order valence-electron chi connectivity index (χ2n) is 4.76. The lowest BCUT2D eigenvalue weighted by molar-refractivity contribution is -0.129. The summed E-state index contributed by atoms with van der Waals surface area (Å²) >= 11 is 2.21. The molecule has 0 amide bonds. The average molecular weight is 389 g/mol. The van der Waals surface area contributed by atoms with Crippen molar-refractivity contribution in [1.29, 1.82) is 0 Å². The molecule has 0 aliphatic carbocycles. The van der Waals surface area contributed by atoms with Crippen molar-refractivity contribution in [1.82, 2.24) is 0 Å². The highest BCUT2D eigenvalue weighted by molar-refractivity contribution is 14.1. The minimum absolute atomic E-state index is 0.328. The summed E-state index contributed by atoms with van der Waals surface area (Å²) in [6.45, 7) is 2.01. The summed E-state index contributed by atoms with van der Waals surface area (Å²) in [6.07, 6.45) is 1.75. The van der Waals surface area contributed by atoms with E-state index in [2.05, 4.69) is 27.6 Å². The Kier molecular flexibility index (Phi) is 3.88. The second kappa shape index (κ2) is 5.81. The number of nitrogens with zero attached hydrogens (tertiary/aromatic N) is 1. The highest BCUT2D eigenvalue weighted by Crippen LogP contribution is 2.20. The Morgan fingerprint density at radius 1 is 1.14 bits per heavy atom. The molecule has 0 saturated carbocycles. The predicted molar refractivity (Wildman–Crippen MR) is 90.9 cm³/mol. The van der Waals surface area contributed by atoms with Gasteiger partial charge in [0.2, 0.25) is 5.90 Å². The summed E-state index contributed by atoms with van der Waals surface area (Å²) in [5.74, 6) is -0.0530. The minimum Gasteiger partial charge on any atom is -0.402 e. The number of hydrogen-bond donors (Lipinski definition) is 0. The van der Waals surface area contributed by atoms with Crippen LogP contribution in [0.15, 0.2) is 59.2 Å². The molecule has 0 N–H and O–H groups in total. The van der Waals surface area contributed by atoms with E-state index in [1.807, 2.05) is 55.5 Å². The topological polar surface area (TPSA) is 38.7 Å². The zero-order valence-corrected chi connectivity index (χ0v) is 13.5. The Labute approximate surface area is 136 Å². The molecule has 0 atom stereocenters. The molecule has 0 unspecified atom stereocenters. The molecule has 3 rings (SSSR count). The second-order valence-corrected chi connectivity index (χ2v) is 6.01. The van der Waals surface area contributed by atoms with Gasteiger partial charge in [-0.1, -0.05) is 35.9 Å². The average Bonchev–Trinajstić information content (AvgIpc) is 2.80.